The normalized spacial score (nSPS) is 19.3. The lowest BCUT2D eigenvalue weighted by atomic mass is 9.93. The van der Waals surface area contributed by atoms with Crippen molar-refractivity contribution >= 4 is 29.4 Å². The summed E-state index contributed by atoms with van der Waals surface area (Å²) in [7, 11) is 0. The number of nitrogens with zero attached hydrogens (tertiary/aromatic N) is 4. The molecule has 0 N–H and O–H groups in total. The maximum Gasteiger partial charge on any atom is 0.415 e. The third kappa shape index (κ3) is 6.43. The van der Waals surface area contributed by atoms with Crippen LogP contribution in [0.3, 0.4) is 0 Å². The predicted octanol–water partition coefficient (Wildman–Crippen LogP) is 5.88. The van der Waals surface area contributed by atoms with E-state index in [0.717, 1.165) is 18.0 Å². The molecule has 0 saturated carbocycles. The first-order valence-electron chi connectivity index (χ1n) is 13.6. The third-order valence-electron chi connectivity index (χ3n) is 7.85. The standard InChI is InChI=1S/C30H30ClF3N4O3/c1-2-38(30(40)41-23-7-5-22(32)6-8-23)27-18-37(17-24(27)20-3-9-25(33)26(34)15-20)29(39)19-11-13-36(14-12-19)28-10-4-21(31)16-35-28/h3-10,15-16,19,24,27H,2,11-14,17-18H2,1H3. The minimum absolute atomic E-state index is 0.0354. The van der Waals surface area contributed by atoms with E-state index in [1.807, 2.05) is 6.07 Å². The summed E-state index contributed by atoms with van der Waals surface area (Å²) in [5, 5.41) is 0.556. The van der Waals surface area contributed by atoms with Gasteiger partial charge in [0.15, 0.2) is 11.6 Å². The Labute approximate surface area is 241 Å². The van der Waals surface area contributed by atoms with Gasteiger partial charge in [0.2, 0.25) is 5.91 Å². The van der Waals surface area contributed by atoms with Crippen molar-refractivity contribution in [1.82, 2.24) is 14.8 Å². The fourth-order valence-corrected chi connectivity index (χ4v) is 5.79. The van der Waals surface area contributed by atoms with Crippen LogP contribution in [0.1, 0.15) is 31.2 Å². The first-order chi connectivity index (χ1) is 19.7. The molecule has 0 bridgehead atoms. The van der Waals surface area contributed by atoms with Gasteiger partial charge in [0.05, 0.1) is 11.1 Å². The highest BCUT2D eigenvalue weighted by atomic mass is 35.5. The van der Waals surface area contributed by atoms with Crippen LogP contribution in [0.5, 0.6) is 5.75 Å². The SMILES string of the molecule is CCN(C(=O)Oc1ccc(F)cc1)C1CN(C(=O)C2CCN(c3ccc(Cl)cn3)CC2)CC1c1ccc(F)c(F)c1. The molecule has 41 heavy (non-hydrogen) atoms. The van der Waals surface area contributed by atoms with Crippen molar-refractivity contribution in [2.75, 3.05) is 37.6 Å². The number of benzene rings is 2. The number of halogens is 4. The third-order valence-corrected chi connectivity index (χ3v) is 8.07. The van der Waals surface area contributed by atoms with E-state index in [-0.39, 0.29) is 37.2 Å². The second-order valence-electron chi connectivity index (χ2n) is 10.3. The minimum atomic E-state index is -0.994. The Morgan fingerprint density at radius 1 is 1.00 bits per heavy atom. The molecule has 2 fully saturated rings. The molecule has 2 unspecified atom stereocenters. The van der Waals surface area contributed by atoms with Gasteiger partial charge in [-0.15, -0.1) is 0 Å². The zero-order valence-electron chi connectivity index (χ0n) is 22.5. The molecule has 2 atom stereocenters. The van der Waals surface area contributed by atoms with E-state index in [1.165, 1.54) is 35.2 Å². The van der Waals surface area contributed by atoms with Crippen LogP contribution >= 0.6 is 11.6 Å². The Bertz CT molecular complexity index is 1380. The Morgan fingerprint density at radius 2 is 1.73 bits per heavy atom. The smallest absolute Gasteiger partial charge is 0.410 e. The Hall–Kier alpha value is -3.79. The number of anilines is 1. The monoisotopic (exact) mass is 586 g/mol. The van der Waals surface area contributed by atoms with E-state index in [4.69, 9.17) is 16.3 Å². The second-order valence-corrected chi connectivity index (χ2v) is 10.7. The number of hydrogen-bond acceptors (Lipinski definition) is 5. The summed E-state index contributed by atoms with van der Waals surface area (Å²) in [6, 6.07) is 11.8. The van der Waals surface area contributed by atoms with Crippen LogP contribution in [-0.4, -0.2) is 65.5 Å². The predicted molar refractivity (Wildman–Crippen MR) is 148 cm³/mol. The molecule has 0 aliphatic carbocycles. The van der Waals surface area contributed by atoms with Crippen LogP contribution in [0.4, 0.5) is 23.8 Å². The van der Waals surface area contributed by atoms with E-state index in [0.29, 0.717) is 36.5 Å². The molecule has 3 heterocycles. The van der Waals surface area contributed by atoms with Gasteiger partial charge in [-0.25, -0.2) is 22.9 Å². The molecule has 0 radical (unpaired) electrons. The number of aromatic nitrogens is 1. The molecule has 2 aromatic carbocycles. The van der Waals surface area contributed by atoms with Crippen molar-refractivity contribution in [3.05, 3.63) is 88.8 Å². The van der Waals surface area contributed by atoms with E-state index >= 15 is 0 Å². The topological polar surface area (TPSA) is 66.0 Å². The molecule has 7 nitrogen and oxygen atoms in total. The highest BCUT2D eigenvalue weighted by molar-refractivity contribution is 6.30. The summed E-state index contributed by atoms with van der Waals surface area (Å²) in [6.07, 6.45) is 2.18. The van der Waals surface area contributed by atoms with Crippen LogP contribution in [0.25, 0.3) is 0 Å². The minimum Gasteiger partial charge on any atom is -0.410 e. The zero-order chi connectivity index (χ0) is 29.1. The van der Waals surface area contributed by atoms with Crippen LogP contribution in [0, 0.1) is 23.4 Å². The van der Waals surface area contributed by atoms with Crippen molar-refractivity contribution < 1.29 is 27.5 Å². The van der Waals surface area contributed by atoms with Crippen molar-refractivity contribution in [1.29, 1.82) is 0 Å². The van der Waals surface area contributed by atoms with Gasteiger partial charge >= 0.3 is 6.09 Å². The van der Waals surface area contributed by atoms with Gasteiger partial charge in [-0.3, -0.25) is 4.79 Å². The molecule has 2 aliphatic heterocycles. The van der Waals surface area contributed by atoms with Crippen LogP contribution in [0.2, 0.25) is 5.02 Å². The molecule has 0 spiro atoms. The molecule has 1 aromatic heterocycles. The first-order valence-corrected chi connectivity index (χ1v) is 14.0. The molecular weight excluding hydrogens is 557 g/mol. The van der Waals surface area contributed by atoms with E-state index in [9.17, 15) is 22.8 Å². The number of amides is 2. The maximum absolute atomic E-state index is 14.3. The average Bonchev–Trinajstić information content (AvgIpc) is 3.41. The lowest BCUT2D eigenvalue weighted by Gasteiger charge is -2.34. The molecule has 11 heteroatoms. The van der Waals surface area contributed by atoms with Gasteiger partial charge in [0.25, 0.3) is 0 Å². The molecule has 3 aromatic rings. The van der Waals surface area contributed by atoms with Crippen molar-refractivity contribution in [2.24, 2.45) is 5.92 Å². The van der Waals surface area contributed by atoms with Crippen molar-refractivity contribution in [2.45, 2.75) is 31.7 Å². The molecule has 216 valence electrons. The van der Waals surface area contributed by atoms with Crippen LogP contribution < -0.4 is 9.64 Å². The Balaban J connectivity index is 1.33. The van der Waals surface area contributed by atoms with Crippen molar-refractivity contribution in [3.63, 3.8) is 0 Å². The summed E-state index contributed by atoms with van der Waals surface area (Å²) in [6.45, 7) is 3.79. The number of carbonyl (C=O) groups is 2. The number of ether oxygens (including phenoxy) is 1. The lowest BCUT2D eigenvalue weighted by Crippen LogP contribution is -2.47. The molecule has 5 rings (SSSR count). The average molecular weight is 587 g/mol. The molecule has 2 amide bonds. The van der Waals surface area contributed by atoms with Crippen LogP contribution in [-0.2, 0) is 4.79 Å². The second kappa shape index (κ2) is 12.4. The fraction of sp³-hybridized carbons (Fsp3) is 0.367. The largest absolute Gasteiger partial charge is 0.415 e. The maximum atomic E-state index is 14.3. The summed E-state index contributed by atoms with van der Waals surface area (Å²) >= 11 is 5.95. The van der Waals surface area contributed by atoms with Gasteiger partial charge in [-0.2, -0.15) is 0 Å². The van der Waals surface area contributed by atoms with Gasteiger partial charge < -0.3 is 19.4 Å². The van der Waals surface area contributed by atoms with Gasteiger partial charge in [-0.05, 0) is 73.9 Å². The summed E-state index contributed by atoms with van der Waals surface area (Å²) < 4.78 is 46.9. The molecular formula is C30H30ClF3N4O3. The van der Waals surface area contributed by atoms with E-state index < -0.39 is 35.5 Å². The van der Waals surface area contributed by atoms with E-state index in [2.05, 4.69) is 9.88 Å². The zero-order valence-corrected chi connectivity index (χ0v) is 23.2. The summed E-state index contributed by atoms with van der Waals surface area (Å²) in [5.74, 6) is -2.17. The van der Waals surface area contributed by atoms with E-state index in [1.54, 1.807) is 24.1 Å². The number of carbonyl (C=O) groups excluding carboxylic acids is 2. The number of hydrogen-bond donors (Lipinski definition) is 0. The van der Waals surface area contributed by atoms with Crippen LogP contribution in [0.15, 0.2) is 60.8 Å². The van der Waals surface area contributed by atoms with Gasteiger partial charge in [0.1, 0.15) is 17.4 Å². The highest BCUT2D eigenvalue weighted by Gasteiger charge is 2.43. The number of piperidine rings is 1. The highest BCUT2D eigenvalue weighted by Crippen LogP contribution is 2.35. The first kappa shape index (κ1) is 28.7. The van der Waals surface area contributed by atoms with Gasteiger partial charge in [-0.1, -0.05) is 17.7 Å². The number of likely N-dealkylation sites (tertiary alicyclic amines) is 1. The summed E-state index contributed by atoms with van der Waals surface area (Å²) in [4.78, 5) is 36.6. The Morgan fingerprint density at radius 3 is 2.37 bits per heavy atom. The number of rotatable bonds is 6. The lowest BCUT2D eigenvalue weighted by molar-refractivity contribution is -0.135. The Kier molecular flexibility index (Phi) is 8.68. The summed E-state index contributed by atoms with van der Waals surface area (Å²) in [5.41, 5.74) is 0.487. The fourth-order valence-electron chi connectivity index (χ4n) is 5.68. The molecule has 2 aliphatic rings. The quantitative estimate of drug-likeness (QED) is 0.361. The van der Waals surface area contributed by atoms with Gasteiger partial charge in [0, 0.05) is 50.8 Å². The number of likely N-dealkylation sites (N-methyl/N-ethyl adjacent to an activating group) is 1. The number of pyridine rings is 1. The molecule has 2 saturated heterocycles. The van der Waals surface area contributed by atoms with Crippen molar-refractivity contribution in [3.8, 4) is 5.75 Å².